The van der Waals surface area contributed by atoms with Gasteiger partial charge in [-0.25, -0.2) is 0 Å². The van der Waals surface area contributed by atoms with E-state index in [4.69, 9.17) is 4.74 Å². The van der Waals surface area contributed by atoms with Crippen molar-refractivity contribution in [1.29, 1.82) is 0 Å². The van der Waals surface area contributed by atoms with Gasteiger partial charge in [0.25, 0.3) is 0 Å². The lowest BCUT2D eigenvalue weighted by Gasteiger charge is -2.34. The first-order chi connectivity index (χ1) is 8.90. The molecule has 0 amide bonds. The molecule has 0 saturated heterocycles. The molecule has 0 aromatic heterocycles. The van der Waals surface area contributed by atoms with Crippen molar-refractivity contribution in [2.45, 2.75) is 33.3 Å². The summed E-state index contributed by atoms with van der Waals surface area (Å²) >= 11 is 0. The Kier molecular flexibility index (Phi) is 2.54. The molecule has 102 valence electrons. The van der Waals surface area contributed by atoms with E-state index in [9.17, 15) is 9.59 Å². The summed E-state index contributed by atoms with van der Waals surface area (Å²) in [5.41, 5.74) is 0.696. The van der Waals surface area contributed by atoms with Gasteiger partial charge in [-0.3, -0.25) is 9.59 Å². The maximum absolute atomic E-state index is 12.4. The Hall–Kier alpha value is -1.38. The van der Waals surface area contributed by atoms with Crippen molar-refractivity contribution in [3.8, 4) is 0 Å². The van der Waals surface area contributed by atoms with Crippen molar-refractivity contribution >= 4 is 11.8 Å². The summed E-state index contributed by atoms with van der Waals surface area (Å²) in [4.78, 5) is 23.7. The van der Waals surface area contributed by atoms with Crippen molar-refractivity contribution in [3.63, 3.8) is 0 Å². The highest BCUT2D eigenvalue weighted by Crippen LogP contribution is 2.74. The number of ether oxygens (including phenoxy) is 1. The van der Waals surface area contributed by atoms with E-state index in [2.05, 4.69) is 19.6 Å². The molecule has 3 rings (SSSR count). The van der Waals surface area contributed by atoms with E-state index in [1.54, 1.807) is 6.08 Å². The molecule has 3 nitrogen and oxygen atoms in total. The predicted molar refractivity (Wildman–Crippen MR) is 71.2 cm³/mol. The van der Waals surface area contributed by atoms with Crippen LogP contribution in [0.3, 0.4) is 0 Å². The number of hydrogen-bond acceptors (Lipinski definition) is 3. The standard InChI is InChI=1S/C16H20O3/c1-8(2)14-15-12(19-10(4)17)7-9(3)11-5-6-13(18)16(11,14)15/h5-6,9,11-12,14-15H,1,7H2,2-4H3/t9-,11+,12+,14+,15-,16-/m0/s1. The molecule has 0 aliphatic heterocycles. The monoisotopic (exact) mass is 260 g/mol. The average molecular weight is 260 g/mol. The van der Waals surface area contributed by atoms with Crippen LogP contribution in [0.25, 0.3) is 0 Å². The highest BCUT2D eigenvalue weighted by atomic mass is 16.5. The van der Waals surface area contributed by atoms with Gasteiger partial charge in [-0.1, -0.05) is 25.2 Å². The minimum Gasteiger partial charge on any atom is -0.462 e. The molecule has 3 aliphatic rings. The molecule has 1 spiro atoms. The molecule has 2 fully saturated rings. The Morgan fingerprint density at radius 2 is 2.16 bits per heavy atom. The lowest BCUT2D eigenvalue weighted by atomic mass is 9.71. The summed E-state index contributed by atoms with van der Waals surface area (Å²) in [6, 6.07) is 0. The summed E-state index contributed by atoms with van der Waals surface area (Å²) in [6.45, 7) is 9.62. The summed E-state index contributed by atoms with van der Waals surface area (Å²) in [5.74, 6) is 0.925. The summed E-state index contributed by atoms with van der Waals surface area (Å²) in [6.07, 6.45) is 4.51. The lowest BCUT2D eigenvalue weighted by molar-refractivity contribution is -0.151. The van der Waals surface area contributed by atoms with Crippen LogP contribution in [0.2, 0.25) is 0 Å². The smallest absolute Gasteiger partial charge is 0.302 e. The van der Waals surface area contributed by atoms with Gasteiger partial charge < -0.3 is 4.74 Å². The van der Waals surface area contributed by atoms with Crippen LogP contribution in [0.5, 0.6) is 0 Å². The molecule has 0 aromatic rings. The van der Waals surface area contributed by atoms with Crippen molar-refractivity contribution in [2.24, 2.45) is 29.1 Å². The van der Waals surface area contributed by atoms with Gasteiger partial charge in [0.05, 0.1) is 5.41 Å². The summed E-state index contributed by atoms with van der Waals surface area (Å²) in [7, 11) is 0. The molecule has 2 saturated carbocycles. The third-order valence-corrected chi connectivity index (χ3v) is 5.22. The lowest BCUT2D eigenvalue weighted by Crippen LogP contribution is -2.38. The largest absolute Gasteiger partial charge is 0.462 e. The summed E-state index contributed by atoms with van der Waals surface area (Å²) < 4.78 is 5.49. The SMILES string of the molecule is C=C(C)[C@@H]1[C@@H]2[C@H](OC(C)=O)C[C@H](C)[C@H]3C=CC(=O)[C@@]231. The Morgan fingerprint density at radius 1 is 1.47 bits per heavy atom. The molecular formula is C16H20O3. The van der Waals surface area contributed by atoms with E-state index >= 15 is 0 Å². The minimum absolute atomic E-state index is 0.130. The van der Waals surface area contributed by atoms with Gasteiger partial charge in [-0.2, -0.15) is 0 Å². The van der Waals surface area contributed by atoms with Crippen LogP contribution in [0.4, 0.5) is 0 Å². The molecule has 0 heterocycles. The fourth-order valence-corrected chi connectivity index (χ4v) is 4.73. The van der Waals surface area contributed by atoms with Crippen LogP contribution >= 0.6 is 0 Å². The highest BCUT2D eigenvalue weighted by Gasteiger charge is 2.78. The molecule has 19 heavy (non-hydrogen) atoms. The normalized spacial score (nSPS) is 46.5. The molecule has 3 aliphatic carbocycles. The zero-order chi connectivity index (χ0) is 13.9. The zero-order valence-corrected chi connectivity index (χ0v) is 11.7. The number of esters is 1. The maximum atomic E-state index is 12.4. The topological polar surface area (TPSA) is 43.4 Å². The predicted octanol–water partition coefficient (Wildman–Crippen LogP) is 2.52. The molecule has 6 atom stereocenters. The number of carbonyl (C=O) groups is 2. The number of rotatable bonds is 2. The molecule has 0 aromatic carbocycles. The fourth-order valence-electron chi connectivity index (χ4n) is 4.73. The maximum Gasteiger partial charge on any atom is 0.302 e. The van der Waals surface area contributed by atoms with Crippen molar-refractivity contribution < 1.29 is 14.3 Å². The number of hydrogen-bond donors (Lipinski definition) is 0. The molecule has 0 unspecified atom stereocenters. The van der Waals surface area contributed by atoms with Crippen molar-refractivity contribution in [1.82, 2.24) is 0 Å². The van der Waals surface area contributed by atoms with Gasteiger partial charge in [-0.05, 0) is 31.3 Å². The first kappa shape index (κ1) is 12.6. The van der Waals surface area contributed by atoms with Crippen LogP contribution in [0.15, 0.2) is 24.3 Å². The van der Waals surface area contributed by atoms with Gasteiger partial charge in [-0.15, -0.1) is 0 Å². The first-order valence-corrected chi connectivity index (χ1v) is 6.96. The van der Waals surface area contributed by atoms with Crippen LogP contribution in [-0.4, -0.2) is 17.9 Å². The second-order valence-electron chi connectivity index (χ2n) is 6.39. The summed E-state index contributed by atoms with van der Waals surface area (Å²) in [5, 5.41) is 0. The highest BCUT2D eigenvalue weighted by molar-refractivity contribution is 6.01. The second kappa shape index (κ2) is 3.81. The Balaban J connectivity index is 1.99. The van der Waals surface area contributed by atoms with Gasteiger partial charge in [0.15, 0.2) is 5.78 Å². The van der Waals surface area contributed by atoms with E-state index in [1.807, 2.05) is 6.92 Å². The van der Waals surface area contributed by atoms with Crippen LogP contribution in [-0.2, 0) is 14.3 Å². The molecule has 0 radical (unpaired) electrons. The van der Waals surface area contributed by atoms with E-state index < -0.39 is 0 Å². The third-order valence-electron chi connectivity index (χ3n) is 5.22. The van der Waals surface area contributed by atoms with Gasteiger partial charge in [0.1, 0.15) is 6.10 Å². The number of ketones is 1. The fraction of sp³-hybridized carbons (Fsp3) is 0.625. The van der Waals surface area contributed by atoms with E-state index in [0.29, 0.717) is 11.8 Å². The second-order valence-corrected chi connectivity index (χ2v) is 6.39. The quantitative estimate of drug-likeness (QED) is 0.566. The number of carbonyl (C=O) groups excluding carboxylic acids is 2. The molecule has 0 bridgehead atoms. The van der Waals surface area contributed by atoms with Crippen molar-refractivity contribution in [3.05, 3.63) is 24.3 Å². The van der Waals surface area contributed by atoms with Crippen molar-refractivity contribution in [2.75, 3.05) is 0 Å². The molecular weight excluding hydrogens is 240 g/mol. The van der Waals surface area contributed by atoms with Gasteiger partial charge >= 0.3 is 5.97 Å². The minimum atomic E-state index is -0.344. The Labute approximate surface area is 113 Å². The first-order valence-electron chi connectivity index (χ1n) is 6.96. The zero-order valence-electron chi connectivity index (χ0n) is 11.7. The average Bonchev–Trinajstić information content (AvgIpc) is 2.88. The van der Waals surface area contributed by atoms with E-state index in [1.165, 1.54) is 6.92 Å². The van der Waals surface area contributed by atoms with Crippen LogP contribution < -0.4 is 0 Å². The van der Waals surface area contributed by atoms with E-state index in [-0.39, 0.29) is 35.1 Å². The molecule has 0 N–H and O–H groups in total. The van der Waals surface area contributed by atoms with E-state index in [0.717, 1.165) is 12.0 Å². The Morgan fingerprint density at radius 3 is 2.74 bits per heavy atom. The van der Waals surface area contributed by atoms with Gasteiger partial charge in [0.2, 0.25) is 0 Å². The van der Waals surface area contributed by atoms with Crippen LogP contribution in [0, 0.1) is 29.1 Å². The molecule has 3 heteroatoms. The van der Waals surface area contributed by atoms with Crippen LogP contribution in [0.1, 0.15) is 27.2 Å². The van der Waals surface area contributed by atoms with Gasteiger partial charge in [0, 0.05) is 18.8 Å². The Bertz CT molecular complexity index is 504. The number of allylic oxidation sites excluding steroid dienone is 3. The third kappa shape index (κ3) is 1.44.